The van der Waals surface area contributed by atoms with Crippen LogP contribution in [-0.2, 0) is 36.9 Å². The smallest absolute Gasteiger partial charge is 0.249 e. The summed E-state index contributed by atoms with van der Waals surface area (Å²) in [5.41, 5.74) is 1.40. The summed E-state index contributed by atoms with van der Waals surface area (Å²) < 4.78 is 6.63. The van der Waals surface area contributed by atoms with Crippen LogP contribution in [0, 0.1) is 5.92 Å². The van der Waals surface area contributed by atoms with Gasteiger partial charge in [0.1, 0.15) is 30.4 Å². The van der Waals surface area contributed by atoms with Crippen molar-refractivity contribution in [1.82, 2.24) is 35.8 Å². The summed E-state index contributed by atoms with van der Waals surface area (Å²) in [5.74, 6) is -1.87. The number of benzene rings is 1. The molecule has 2 aliphatic heterocycles. The van der Waals surface area contributed by atoms with Crippen molar-refractivity contribution in [3.8, 4) is 0 Å². The molecule has 4 rings (SSSR count). The van der Waals surface area contributed by atoms with Gasteiger partial charge in [0.25, 0.3) is 0 Å². The van der Waals surface area contributed by atoms with E-state index in [9.17, 15) is 19.2 Å². The summed E-state index contributed by atoms with van der Waals surface area (Å²) in [4.78, 5) is 54.2. The minimum Gasteiger partial charge on any atom is -0.375 e. The average molecular weight is 512 g/mol. The predicted molar refractivity (Wildman–Crippen MR) is 132 cm³/mol. The third-order valence-corrected chi connectivity index (χ3v) is 6.71. The summed E-state index contributed by atoms with van der Waals surface area (Å²) in [5, 5.41) is 16.8. The molecule has 1 saturated heterocycles. The summed E-state index contributed by atoms with van der Waals surface area (Å²) in [6.45, 7) is 3.82. The Morgan fingerprint density at radius 1 is 1.11 bits per heavy atom. The summed E-state index contributed by atoms with van der Waals surface area (Å²) in [7, 11) is 1.42. The Bertz CT molecular complexity index is 1140. The van der Waals surface area contributed by atoms with Gasteiger partial charge < -0.3 is 25.6 Å². The van der Waals surface area contributed by atoms with Gasteiger partial charge in [-0.2, -0.15) is 0 Å². The second-order valence-electron chi connectivity index (χ2n) is 9.77. The highest BCUT2D eigenvalue weighted by molar-refractivity contribution is 5.94. The van der Waals surface area contributed by atoms with Crippen molar-refractivity contribution in [2.24, 2.45) is 5.92 Å². The molecule has 4 atom stereocenters. The molecule has 0 saturated carbocycles. The van der Waals surface area contributed by atoms with Crippen LogP contribution < -0.4 is 16.0 Å². The second-order valence-corrected chi connectivity index (χ2v) is 9.77. The van der Waals surface area contributed by atoms with Crippen LogP contribution in [0.4, 0.5) is 0 Å². The van der Waals surface area contributed by atoms with Gasteiger partial charge in [0.2, 0.25) is 23.6 Å². The van der Waals surface area contributed by atoms with Gasteiger partial charge in [0.05, 0.1) is 18.8 Å². The molecule has 12 nitrogen and oxygen atoms in total. The summed E-state index contributed by atoms with van der Waals surface area (Å²) >= 11 is 0. The molecule has 1 fully saturated rings. The molecule has 3 heterocycles. The maximum Gasteiger partial charge on any atom is 0.249 e. The fourth-order valence-corrected chi connectivity index (χ4v) is 4.71. The van der Waals surface area contributed by atoms with E-state index in [2.05, 4.69) is 26.3 Å². The number of rotatable bonds is 5. The Labute approximate surface area is 215 Å². The molecule has 0 aliphatic carbocycles. The number of hydrogen-bond acceptors (Lipinski definition) is 7. The van der Waals surface area contributed by atoms with Crippen LogP contribution in [0.25, 0.3) is 0 Å². The molecule has 198 valence electrons. The van der Waals surface area contributed by atoms with Crippen molar-refractivity contribution < 1.29 is 23.9 Å². The zero-order valence-corrected chi connectivity index (χ0v) is 21.2. The quantitative estimate of drug-likeness (QED) is 0.493. The third-order valence-electron chi connectivity index (χ3n) is 6.71. The predicted octanol–water partition coefficient (Wildman–Crippen LogP) is -0.435. The molecule has 4 amide bonds. The molecule has 0 spiro atoms. The number of nitrogens with one attached hydrogen (secondary N) is 3. The molecule has 2 aliphatic rings. The van der Waals surface area contributed by atoms with Gasteiger partial charge in [-0.15, -0.1) is 5.10 Å². The van der Waals surface area contributed by atoms with Gasteiger partial charge in [-0.3, -0.25) is 19.2 Å². The minimum atomic E-state index is -0.903. The number of fused-ring (bicyclic) bond motifs is 5. The van der Waals surface area contributed by atoms with E-state index in [-0.39, 0.29) is 49.9 Å². The number of carbonyl (C=O) groups is 4. The van der Waals surface area contributed by atoms with Crippen molar-refractivity contribution in [3.05, 3.63) is 47.8 Å². The Morgan fingerprint density at radius 3 is 2.57 bits per heavy atom. The van der Waals surface area contributed by atoms with E-state index >= 15 is 0 Å². The van der Waals surface area contributed by atoms with Crippen LogP contribution in [0.3, 0.4) is 0 Å². The topological polar surface area (TPSA) is 148 Å². The Balaban J connectivity index is 1.65. The van der Waals surface area contributed by atoms with Crippen LogP contribution in [0.1, 0.15) is 37.6 Å². The van der Waals surface area contributed by atoms with E-state index in [1.165, 1.54) is 12.0 Å². The minimum absolute atomic E-state index is 0.118. The highest BCUT2D eigenvalue weighted by Crippen LogP contribution is 2.28. The van der Waals surface area contributed by atoms with Crippen molar-refractivity contribution in [2.75, 3.05) is 20.3 Å². The van der Waals surface area contributed by atoms with Crippen molar-refractivity contribution in [1.29, 1.82) is 0 Å². The molecule has 1 aromatic carbocycles. The number of carbonyl (C=O) groups excluding carboxylic acids is 4. The largest absolute Gasteiger partial charge is 0.375 e. The lowest BCUT2D eigenvalue weighted by molar-refractivity contribution is -0.142. The van der Waals surface area contributed by atoms with Crippen LogP contribution in [-0.4, -0.2) is 81.9 Å². The van der Waals surface area contributed by atoms with Crippen LogP contribution in [0.5, 0.6) is 0 Å². The average Bonchev–Trinajstić information content (AvgIpc) is 3.53. The van der Waals surface area contributed by atoms with Gasteiger partial charge >= 0.3 is 0 Å². The monoisotopic (exact) mass is 511 g/mol. The second kappa shape index (κ2) is 11.5. The first kappa shape index (κ1) is 26.3. The summed E-state index contributed by atoms with van der Waals surface area (Å²) in [6.07, 6.45) is 2.28. The fraction of sp³-hybridized carbons (Fsp3) is 0.520. The van der Waals surface area contributed by atoms with Crippen molar-refractivity contribution >= 4 is 23.6 Å². The number of likely N-dealkylation sites (tertiary alicyclic amines) is 1. The Hall–Kier alpha value is -3.80. The number of nitrogens with zero attached hydrogens (tertiary/aromatic N) is 4. The number of aromatic nitrogens is 3. The lowest BCUT2D eigenvalue weighted by Gasteiger charge is -2.28. The zero-order valence-electron chi connectivity index (χ0n) is 21.2. The van der Waals surface area contributed by atoms with Gasteiger partial charge in [-0.05, 0) is 11.5 Å². The SMILES string of the molecule is COCC(=O)N1C[C@@H]2C[C@H]1C(=O)N[C@@H](C(C)C)C(=O)N[C@H](Cc1ccccc1)C(=O)NCc1cn2nn1. The molecule has 12 heteroatoms. The molecule has 3 N–H and O–H groups in total. The number of methoxy groups -OCH3 is 1. The third kappa shape index (κ3) is 6.13. The summed E-state index contributed by atoms with van der Waals surface area (Å²) in [6, 6.07) is 6.49. The molecule has 37 heavy (non-hydrogen) atoms. The molecular weight excluding hydrogens is 478 g/mol. The highest BCUT2D eigenvalue weighted by atomic mass is 16.5. The maximum atomic E-state index is 13.4. The van der Waals surface area contributed by atoms with E-state index in [4.69, 9.17) is 4.74 Å². The van der Waals surface area contributed by atoms with Crippen molar-refractivity contribution in [3.63, 3.8) is 0 Å². The molecule has 1 aromatic heterocycles. The Morgan fingerprint density at radius 2 is 1.86 bits per heavy atom. The zero-order chi connectivity index (χ0) is 26.5. The molecule has 0 radical (unpaired) electrons. The van der Waals surface area contributed by atoms with E-state index in [0.29, 0.717) is 12.1 Å². The molecule has 0 unspecified atom stereocenters. The van der Waals surface area contributed by atoms with Gasteiger partial charge in [-0.1, -0.05) is 49.4 Å². The van der Waals surface area contributed by atoms with E-state index < -0.39 is 29.9 Å². The normalized spacial score (nSPS) is 24.6. The van der Waals surface area contributed by atoms with Gasteiger partial charge in [0, 0.05) is 26.5 Å². The van der Waals surface area contributed by atoms with Crippen LogP contribution >= 0.6 is 0 Å². The first-order chi connectivity index (χ1) is 17.8. The highest BCUT2D eigenvalue weighted by Gasteiger charge is 2.42. The first-order valence-electron chi connectivity index (χ1n) is 12.4. The van der Waals surface area contributed by atoms with Crippen LogP contribution in [0.2, 0.25) is 0 Å². The standard InChI is InChI=1S/C25H33N7O5/c1-15(2)22-25(36)27-19(9-16-7-5-4-6-8-16)23(34)26-11-17-12-32(30-29-17)18-10-20(24(35)28-22)31(13-18)21(33)14-37-3/h4-8,12,15,18-20,22H,9-11,13-14H2,1-3H3,(H,26,34)(H,27,36)(H,28,35)/t18-,19+,20-,22-/m0/s1. The first-order valence-corrected chi connectivity index (χ1v) is 12.4. The molecule has 4 bridgehead atoms. The van der Waals surface area contributed by atoms with E-state index in [1.807, 2.05) is 44.2 Å². The van der Waals surface area contributed by atoms with Gasteiger partial charge in [0.15, 0.2) is 0 Å². The number of hydrogen-bond donors (Lipinski definition) is 3. The number of ether oxygens (including phenoxy) is 1. The lowest BCUT2D eigenvalue weighted by atomic mass is 10.00. The van der Waals surface area contributed by atoms with E-state index in [0.717, 1.165) is 5.56 Å². The van der Waals surface area contributed by atoms with Crippen molar-refractivity contribution in [2.45, 2.75) is 57.4 Å². The van der Waals surface area contributed by atoms with Gasteiger partial charge in [-0.25, -0.2) is 4.68 Å². The molecule has 2 aromatic rings. The maximum absolute atomic E-state index is 13.4. The number of amides is 4. The van der Waals surface area contributed by atoms with Crippen LogP contribution in [0.15, 0.2) is 36.5 Å². The lowest BCUT2D eigenvalue weighted by Crippen LogP contribution is -2.58. The molecular formula is C25H33N7O5. The Kier molecular flexibility index (Phi) is 8.17. The van der Waals surface area contributed by atoms with E-state index in [1.54, 1.807) is 10.9 Å². The fourth-order valence-electron chi connectivity index (χ4n) is 4.71.